The van der Waals surface area contributed by atoms with E-state index in [0.717, 1.165) is 5.69 Å². The SMILES string of the molecule is Cc1nnc(-c2cscn2)nn1. The molecule has 0 aliphatic heterocycles. The molecule has 0 amide bonds. The second-order valence-electron chi connectivity index (χ2n) is 2.14. The van der Waals surface area contributed by atoms with E-state index in [-0.39, 0.29) is 0 Å². The quantitative estimate of drug-likeness (QED) is 0.644. The van der Waals surface area contributed by atoms with Gasteiger partial charge in [0.15, 0.2) is 5.82 Å². The van der Waals surface area contributed by atoms with Gasteiger partial charge in [-0.1, -0.05) is 0 Å². The molecular formula is C6H5N5S. The zero-order valence-electron chi connectivity index (χ0n) is 6.30. The first-order valence-electron chi connectivity index (χ1n) is 3.29. The highest BCUT2D eigenvalue weighted by Gasteiger charge is 2.03. The van der Waals surface area contributed by atoms with Gasteiger partial charge in [-0.3, -0.25) is 0 Å². The van der Waals surface area contributed by atoms with Crippen LogP contribution in [0.3, 0.4) is 0 Å². The van der Waals surface area contributed by atoms with Crippen LogP contribution in [0.2, 0.25) is 0 Å². The van der Waals surface area contributed by atoms with Crippen LogP contribution in [0.1, 0.15) is 5.82 Å². The van der Waals surface area contributed by atoms with E-state index in [9.17, 15) is 0 Å². The van der Waals surface area contributed by atoms with Crippen LogP contribution in [0.5, 0.6) is 0 Å². The van der Waals surface area contributed by atoms with Crippen molar-refractivity contribution >= 4 is 11.3 Å². The van der Waals surface area contributed by atoms with E-state index in [1.54, 1.807) is 12.4 Å². The molecule has 0 saturated carbocycles. The Labute approximate surface area is 72.5 Å². The maximum absolute atomic E-state index is 4.03. The second-order valence-corrected chi connectivity index (χ2v) is 2.86. The number of nitrogens with zero attached hydrogens (tertiary/aromatic N) is 5. The molecule has 2 heterocycles. The largest absolute Gasteiger partial charge is 0.241 e. The first kappa shape index (κ1) is 7.23. The number of aromatic nitrogens is 5. The lowest BCUT2D eigenvalue weighted by Gasteiger charge is -1.90. The minimum Gasteiger partial charge on any atom is -0.241 e. The van der Waals surface area contributed by atoms with Crippen molar-refractivity contribution < 1.29 is 0 Å². The molecule has 6 heteroatoms. The Bertz CT molecular complexity index is 354. The molecule has 2 rings (SSSR count). The molecule has 0 spiro atoms. The van der Waals surface area contributed by atoms with Crippen LogP contribution in [0, 0.1) is 6.92 Å². The van der Waals surface area contributed by atoms with E-state index in [2.05, 4.69) is 25.4 Å². The molecule has 5 nitrogen and oxygen atoms in total. The highest BCUT2D eigenvalue weighted by Crippen LogP contribution is 2.11. The zero-order chi connectivity index (χ0) is 8.39. The van der Waals surface area contributed by atoms with Gasteiger partial charge in [-0.2, -0.15) is 0 Å². The van der Waals surface area contributed by atoms with Gasteiger partial charge in [0.05, 0.1) is 5.51 Å². The van der Waals surface area contributed by atoms with Crippen LogP contribution in [0.4, 0.5) is 0 Å². The number of rotatable bonds is 1. The van der Waals surface area contributed by atoms with Crippen molar-refractivity contribution in [3.05, 3.63) is 16.7 Å². The normalized spacial score (nSPS) is 10.1. The summed E-state index contributed by atoms with van der Waals surface area (Å²) >= 11 is 1.49. The van der Waals surface area contributed by atoms with E-state index in [0.29, 0.717) is 11.6 Å². The smallest absolute Gasteiger partial charge is 0.222 e. The van der Waals surface area contributed by atoms with Gasteiger partial charge in [-0.05, 0) is 6.92 Å². The maximum atomic E-state index is 4.03. The predicted molar refractivity (Wildman–Crippen MR) is 43.5 cm³/mol. The molecule has 0 aromatic carbocycles. The Morgan fingerprint density at radius 3 is 2.50 bits per heavy atom. The fourth-order valence-electron chi connectivity index (χ4n) is 0.705. The van der Waals surface area contributed by atoms with Crippen molar-refractivity contribution in [2.45, 2.75) is 6.92 Å². The molecule has 60 valence electrons. The Kier molecular flexibility index (Phi) is 1.75. The standard InChI is InChI=1S/C6H5N5S/c1-4-8-10-6(11-9-4)5-2-12-3-7-5/h2-3H,1H3. The molecule has 0 bridgehead atoms. The minimum atomic E-state index is 0.474. The van der Waals surface area contributed by atoms with E-state index in [4.69, 9.17) is 0 Å². The van der Waals surface area contributed by atoms with Crippen molar-refractivity contribution in [1.29, 1.82) is 0 Å². The lowest BCUT2D eigenvalue weighted by atomic mass is 10.5. The van der Waals surface area contributed by atoms with Crippen LogP contribution in [0.25, 0.3) is 11.5 Å². The summed E-state index contributed by atoms with van der Waals surface area (Å²) in [6.07, 6.45) is 0. The average Bonchev–Trinajstić information content (AvgIpc) is 2.58. The lowest BCUT2D eigenvalue weighted by Crippen LogP contribution is -1.98. The number of aryl methyl sites for hydroxylation is 1. The third kappa shape index (κ3) is 1.28. The fourth-order valence-corrected chi connectivity index (χ4v) is 1.24. The third-order valence-corrected chi connectivity index (χ3v) is 1.83. The van der Waals surface area contributed by atoms with Crippen molar-refractivity contribution in [3.8, 4) is 11.5 Å². The Morgan fingerprint density at radius 2 is 1.92 bits per heavy atom. The van der Waals surface area contributed by atoms with E-state index >= 15 is 0 Å². The van der Waals surface area contributed by atoms with Gasteiger partial charge in [0.2, 0.25) is 5.82 Å². The topological polar surface area (TPSA) is 64.5 Å². The molecule has 2 aromatic rings. The average molecular weight is 179 g/mol. The minimum absolute atomic E-state index is 0.474. The lowest BCUT2D eigenvalue weighted by molar-refractivity contribution is 0.813. The molecule has 12 heavy (non-hydrogen) atoms. The highest BCUT2D eigenvalue weighted by atomic mass is 32.1. The van der Waals surface area contributed by atoms with Crippen LogP contribution in [-0.2, 0) is 0 Å². The summed E-state index contributed by atoms with van der Waals surface area (Å²) in [4.78, 5) is 4.03. The number of thiazole rings is 1. The molecular weight excluding hydrogens is 174 g/mol. The van der Waals surface area contributed by atoms with Gasteiger partial charge >= 0.3 is 0 Å². The van der Waals surface area contributed by atoms with Crippen LogP contribution >= 0.6 is 11.3 Å². The van der Waals surface area contributed by atoms with Gasteiger partial charge < -0.3 is 0 Å². The summed E-state index contributed by atoms with van der Waals surface area (Å²) in [5.74, 6) is 1.04. The molecule has 0 aliphatic carbocycles. The molecule has 0 fully saturated rings. The molecule has 0 aliphatic rings. The van der Waals surface area contributed by atoms with Crippen LogP contribution < -0.4 is 0 Å². The summed E-state index contributed by atoms with van der Waals surface area (Å²) in [5.41, 5.74) is 2.44. The molecule has 0 atom stereocenters. The number of hydrogen-bond donors (Lipinski definition) is 0. The molecule has 0 saturated heterocycles. The third-order valence-electron chi connectivity index (χ3n) is 1.24. The molecule has 0 unspecified atom stereocenters. The Balaban J connectivity index is 2.43. The fraction of sp³-hybridized carbons (Fsp3) is 0.167. The first-order valence-corrected chi connectivity index (χ1v) is 4.23. The van der Waals surface area contributed by atoms with Crippen LogP contribution in [-0.4, -0.2) is 25.4 Å². The van der Waals surface area contributed by atoms with Gasteiger partial charge in [0.25, 0.3) is 0 Å². The predicted octanol–water partition coefficient (Wildman–Crippen LogP) is 0.699. The monoisotopic (exact) mass is 179 g/mol. The molecule has 0 N–H and O–H groups in total. The van der Waals surface area contributed by atoms with Crippen LogP contribution in [0.15, 0.2) is 10.9 Å². The number of hydrogen-bond acceptors (Lipinski definition) is 6. The van der Waals surface area contributed by atoms with Crippen molar-refractivity contribution in [3.63, 3.8) is 0 Å². The maximum Gasteiger partial charge on any atom is 0.222 e. The Morgan fingerprint density at radius 1 is 1.17 bits per heavy atom. The van der Waals surface area contributed by atoms with Gasteiger partial charge in [-0.25, -0.2) is 4.98 Å². The second kappa shape index (κ2) is 2.90. The summed E-state index contributed by atoms with van der Waals surface area (Å²) in [5, 5.41) is 17.1. The van der Waals surface area contributed by atoms with Crippen molar-refractivity contribution in [2.75, 3.05) is 0 Å². The van der Waals surface area contributed by atoms with E-state index in [1.165, 1.54) is 11.3 Å². The first-order chi connectivity index (χ1) is 5.86. The van der Waals surface area contributed by atoms with Gasteiger partial charge in [0, 0.05) is 5.38 Å². The van der Waals surface area contributed by atoms with Crippen molar-refractivity contribution in [2.24, 2.45) is 0 Å². The van der Waals surface area contributed by atoms with Gasteiger partial charge in [-0.15, -0.1) is 31.7 Å². The summed E-state index contributed by atoms with van der Waals surface area (Å²) in [6, 6.07) is 0. The zero-order valence-corrected chi connectivity index (χ0v) is 7.12. The summed E-state index contributed by atoms with van der Waals surface area (Å²) in [7, 11) is 0. The summed E-state index contributed by atoms with van der Waals surface area (Å²) in [6.45, 7) is 1.74. The molecule has 0 radical (unpaired) electrons. The molecule has 2 aromatic heterocycles. The highest BCUT2D eigenvalue weighted by molar-refractivity contribution is 7.07. The summed E-state index contributed by atoms with van der Waals surface area (Å²) < 4.78 is 0. The van der Waals surface area contributed by atoms with Crippen molar-refractivity contribution in [1.82, 2.24) is 25.4 Å². The van der Waals surface area contributed by atoms with E-state index < -0.39 is 0 Å². The Hall–Kier alpha value is -1.43. The van der Waals surface area contributed by atoms with E-state index in [1.807, 2.05) is 5.38 Å². The van der Waals surface area contributed by atoms with Gasteiger partial charge in [0.1, 0.15) is 5.69 Å².